The molecule has 152 valence electrons. The molecule has 0 unspecified atom stereocenters. The molecule has 0 atom stereocenters. The van der Waals surface area contributed by atoms with Gasteiger partial charge in [0.25, 0.3) is 5.91 Å². The molecule has 10 heteroatoms. The maximum absolute atomic E-state index is 12.9. The highest BCUT2D eigenvalue weighted by atomic mass is 19.4. The van der Waals surface area contributed by atoms with Crippen molar-refractivity contribution >= 4 is 22.6 Å². The molecule has 3 aromatic heterocycles. The predicted octanol–water partition coefficient (Wildman–Crippen LogP) is 3.74. The van der Waals surface area contributed by atoms with E-state index in [1.807, 2.05) is 6.92 Å². The summed E-state index contributed by atoms with van der Waals surface area (Å²) in [6.07, 6.45) is -1.11. The van der Waals surface area contributed by atoms with Gasteiger partial charge in [-0.1, -0.05) is 0 Å². The van der Waals surface area contributed by atoms with Gasteiger partial charge in [-0.2, -0.15) is 18.3 Å². The highest BCUT2D eigenvalue weighted by Gasteiger charge is 2.29. The molecule has 3 aromatic rings. The van der Waals surface area contributed by atoms with Crippen LogP contribution >= 0.6 is 0 Å². The third kappa shape index (κ3) is 4.15. The van der Waals surface area contributed by atoms with Gasteiger partial charge >= 0.3 is 6.18 Å². The normalized spacial score (nSPS) is 14.2. The Morgan fingerprint density at radius 1 is 1.34 bits per heavy atom. The fourth-order valence-electron chi connectivity index (χ4n) is 3.13. The van der Waals surface area contributed by atoms with Gasteiger partial charge in [-0.05, 0) is 31.9 Å². The van der Waals surface area contributed by atoms with E-state index in [1.165, 1.54) is 18.3 Å². The molecule has 0 radical (unpaired) electrons. The molecule has 3 heterocycles. The Hall–Kier alpha value is -3.17. The number of amides is 1. The lowest BCUT2D eigenvalue weighted by Gasteiger charge is -2.10. The van der Waals surface area contributed by atoms with Crippen molar-refractivity contribution in [2.45, 2.75) is 31.9 Å². The third-order valence-electron chi connectivity index (χ3n) is 4.61. The van der Waals surface area contributed by atoms with Crippen LogP contribution < -0.4 is 10.1 Å². The van der Waals surface area contributed by atoms with E-state index >= 15 is 0 Å². The Bertz CT molecular complexity index is 1070. The van der Waals surface area contributed by atoms with Crippen LogP contribution in [-0.2, 0) is 7.05 Å². The zero-order valence-electron chi connectivity index (χ0n) is 15.7. The van der Waals surface area contributed by atoms with Gasteiger partial charge in [0, 0.05) is 24.7 Å². The van der Waals surface area contributed by atoms with Crippen LogP contribution in [0.1, 0.15) is 40.5 Å². The van der Waals surface area contributed by atoms with E-state index in [9.17, 15) is 18.0 Å². The van der Waals surface area contributed by atoms with Crippen molar-refractivity contribution < 1.29 is 22.7 Å². The van der Waals surface area contributed by atoms with Gasteiger partial charge < -0.3 is 10.1 Å². The van der Waals surface area contributed by atoms with Gasteiger partial charge in [-0.15, -0.1) is 0 Å². The minimum atomic E-state index is -4.44. The van der Waals surface area contributed by atoms with E-state index in [-0.39, 0.29) is 11.8 Å². The second-order valence-electron chi connectivity index (χ2n) is 7.02. The average Bonchev–Trinajstić information content (AvgIpc) is 3.47. The summed E-state index contributed by atoms with van der Waals surface area (Å²) < 4.78 is 42.9. The summed E-state index contributed by atoms with van der Waals surface area (Å²) in [4.78, 5) is 21.4. The number of aromatic nitrogens is 4. The molecular formula is C19H18F3N5O2. The van der Waals surface area contributed by atoms with Crippen molar-refractivity contribution in [1.29, 1.82) is 0 Å². The van der Waals surface area contributed by atoms with Crippen LogP contribution in [0.3, 0.4) is 0 Å². The Morgan fingerprint density at radius 3 is 2.72 bits per heavy atom. The van der Waals surface area contributed by atoms with Gasteiger partial charge in [0.2, 0.25) is 5.88 Å². The Labute approximate surface area is 163 Å². The van der Waals surface area contributed by atoms with Gasteiger partial charge in [-0.3, -0.25) is 9.48 Å². The monoisotopic (exact) mass is 405 g/mol. The largest absolute Gasteiger partial charge is 0.468 e. The number of rotatable bonds is 5. The van der Waals surface area contributed by atoms with E-state index in [1.54, 1.807) is 17.8 Å². The second kappa shape index (κ2) is 7.02. The summed E-state index contributed by atoms with van der Waals surface area (Å²) >= 11 is 0. The van der Waals surface area contributed by atoms with Crippen LogP contribution in [0.4, 0.5) is 18.9 Å². The van der Waals surface area contributed by atoms with Gasteiger partial charge in [0.15, 0.2) is 12.3 Å². The highest BCUT2D eigenvalue weighted by molar-refractivity contribution is 6.12. The van der Waals surface area contributed by atoms with Gasteiger partial charge in [-0.25, -0.2) is 9.97 Å². The second-order valence-corrected chi connectivity index (χ2v) is 7.02. The third-order valence-corrected chi connectivity index (χ3v) is 4.61. The minimum Gasteiger partial charge on any atom is -0.468 e. The molecule has 7 nitrogen and oxygen atoms in total. The standard InChI is InChI=1S/C19H18F3N5O2/c1-10-16-13(7-14(11-3-4-11)25-17(16)27(2)26-10)18(28)24-12-5-6-15(23-8-12)29-9-19(20,21)22/h5-8,11H,3-4,9H2,1-2H3,(H,24,28). The topological polar surface area (TPSA) is 81.9 Å². The number of nitrogens with one attached hydrogen (secondary N) is 1. The Kier molecular flexibility index (Phi) is 4.64. The number of hydrogen-bond donors (Lipinski definition) is 1. The van der Waals surface area contributed by atoms with Crippen molar-refractivity contribution in [3.8, 4) is 5.88 Å². The van der Waals surface area contributed by atoms with E-state index in [2.05, 4.69) is 25.1 Å². The summed E-state index contributed by atoms with van der Waals surface area (Å²) in [6, 6.07) is 4.50. The first-order valence-electron chi connectivity index (χ1n) is 9.02. The maximum Gasteiger partial charge on any atom is 0.422 e. The molecule has 1 aliphatic carbocycles. The van der Waals surface area contributed by atoms with E-state index in [0.29, 0.717) is 33.9 Å². The number of anilines is 1. The van der Waals surface area contributed by atoms with Crippen molar-refractivity contribution in [3.63, 3.8) is 0 Å². The number of fused-ring (bicyclic) bond motifs is 1. The molecule has 0 aromatic carbocycles. The number of pyridine rings is 2. The lowest BCUT2D eigenvalue weighted by molar-refractivity contribution is -0.154. The number of hydrogen-bond acceptors (Lipinski definition) is 5. The first-order chi connectivity index (χ1) is 13.7. The van der Waals surface area contributed by atoms with Crippen molar-refractivity contribution in [3.05, 3.63) is 41.3 Å². The summed E-state index contributed by atoms with van der Waals surface area (Å²) in [5.74, 6) is -0.181. The molecular weight excluding hydrogens is 387 g/mol. The van der Waals surface area contributed by atoms with Crippen molar-refractivity contribution in [2.75, 3.05) is 11.9 Å². The van der Waals surface area contributed by atoms with Crippen molar-refractivity contribution in [1.82, 2.24) is 19.7 Å². The SMILES string of the molecule is Cc1nn(C)c2nc(C3CC3)cc(C(=O)Nc3ccc(OCC(F)(F)F)nc3)c12. The molecule has 0 spiro atoms. The van der Waals surface area contributed by atoms with Crippen LogP contribution in [0, 0.1) is 6.92 Å². The van der Waals surface area contributed by atoms with E-state index < -0.39 is 12.8 Å². The molecule has 1 amide bonds. The molecule has 4 rings (SSSR count). The van der Waals surface area contributed by atoms with Gasteiger partial charge in [0.05, 0.1) is 28.5 Å². The van der Waals surface area contributed by atoms with E-state index in [0.717, 1.165) is 18.5 Å². The first kappa shape index (κ1) is 19.2. The number of carbonyl (C=O) groups excluding carboxylic acids is 1. The molecule has 0 saturated heterocycles. The van der Waals surface area contributed by atoms with Crippen LogP contribution in [0.2, 0.25) is 0 Å². The minimum absolute atomic E-state index is 0.175. The fraction of sp³-hybridized carbons (Fsp3) is 0.368. The van der Waals surface area contributed by atoms with Crippen molar-refractivity contribution in [2.24, 2.45) is 7.05 Å². The number of carbonyl (C=O) groups is 1. The number of nitrogens with zero attached hydrogens (tertiary/aromatic N) is 4. The van der Waals surface area contributed by atoms with Crippen LogP contribution in [-0.4, -0.2) is 38.4 Å². The molecule has 29 heavy (non-hydrogen) atoms. The first-order valence-corrected chi connectivity index (χ1v) is 9.02. The smallest absolute Gasteiger partial charge is 0.422 e. The van der Waals surface area contributed by atoms with Gasteiger partial charge in [0.1, 0.15) is 0 Å². The lowest BCUT2D eigenvalue weighted by atomic mass is 10.1. The number of alkyl halides is 3. The Morgan fingerprint density at radius 2 is 2.10 bits per heavy atom. The Balaban J connectivity index is 1.58. The zero-order chi connectivity index (χ0) is 20.8. The van der Waals surface area contributed by atoms with E-state index in [4.69, 9.17) is 0 Å². The molecule has 1 N–H and O–H groups in total. The van der Waals surface area contributed by atoms with Crippen LogP contribution in [0.15, 0.2) is 24.4 Å². The average molecular weight is 405 g/mol. The summed E-state index contributed by atoms with van der Waals surface area (Å²) in [5, 5.41) is 7.77. The summed E-state index contributed by atoms with van der Waals surface area (Å²) in [7, 11) is 1.78. The predicted molar refractivity (Wildman–Crippen MR) is 99.0 cm³/mol. The highest BCUT2D eigenvalue weighted by Crippen LogP contribution is 2.40. The molecule has 0 aliphatic heterocycles. The number of halogens is 3. The fourth-order valence-corrected chi connectivity index (χ4v) is 3.13. The molecule has 1 fully saturated rings. The molecule has 1 saturated carbocycles. The summed E-state index contributed by atoms with van der Waals surface area (Å²) in [5.41, 5.74) is 3.00. The van der Waals surface area contributed by atoms with Crippen LogP contribution in [0.25, 0.3) is 11.0 Å². The lowest BCUT2D eigenvalue weighted by Crippen LogP contribution is -2.19. The number of ether oxygens (including phenoxy) is 1. The maximum atomic E-state index is 12.9. The summed E-state index contributed by atoms with van der Waals surface area (Å²) in [6.45, 7) is 0.386. The molecule has 0 bridgehead atoms. The number of aryl methyl sites for hydroxylation is 2. The quantitative estimate of drug-likeness (QED) is 0.699. The van der Waals surface area contributed by atoms with Crippen LogP contribution in [0.5, 0.6) is 5.88 Å². The zero-order valence-corrected chi connectivity index (χ0v) is 15.7. The molecule has 1 aliphatic rings.